The number of furan rings is 1. The van der Waals surface area contributed by atoms with E-state index in [9.17, 15) is 9.59 Å². The Labute approximate surface area is 189 Å². The summed E-state index contributed by atoms with van der Waals surface area (Å²) in [6.45, 7) is 3.63. The summed E-state index contributed by atoms with van der Waals surface area (Å²) in [5.74, 6) is 1.08. The standard InChI is InChI=1S/C24H23BrN2O4/c1-16-20(24(29)27-13-2-3-14-27)5-4-6-21(16)26-23(28)22-12-11-19(31-22)15-30-18-9-7-17(25)8-10-18/h4-12H,2-3,13-15H2,1H3,(H,26,28). The summed E-state index contributed by atoms with van der Waals surface area (Å²) >= 11 is 3.38. The number of carbonyl (C=O) groups excluding carboxylic acids is 2. The molecule has 0 atom stereocenters. The van der Waals surface area contributed by atoms with Gasteiger partial charge >= 0.3 is 0 Å². The van der Waals surface area contributed by atoms with Crippen LogP contribution in [0, 0.1) is 6.92 Å². The third-order valence-electron chi connectivity index (χ3n) is 5.29. The lowest BCUT2D eigenvalue weighted by Gasteiger charge is -2.18. The second-order valence-electron chi connectivity index (χ2n) is 7.44. The number of benzene rings is 2. The first-order chi connectivity index (χ1) is 15.0. The van der Waals surface area contributed by atoms with Gasteiger partial charge in [-0.2, -0.15) is 0 Å². The molecule has 7 heteroatoms. The summed E-state index contributed by atoms with van der Waals surface area (Å²) in [5, 5.41) is 2.86. The monoisotopic (exact) mass is 482 g/mol. The van der Waals surface area contributed by atoms with Crippen LogP contribution in [0.15, 0.2) is 63.5 Å². The van der Waals surface area contributed by atoms with E-state index in [0.29, 0.717) is 22.8 Å². The Kier molecular flexibility index (Phi) is 6.42. The van der Waals surface area contributed by atoms with Crippen LogP contribution in [0.5, 0.6) is 5.75 Å². The van der Waals surface area contributed by atoms with Crippen LogP contribution in [-0.4, -0.2) is 29.8 Å². The molecule has 0 aliphatic carbocycles. The average molecular weight is 483 g/mol. The molecule has 6 nitrogen and oxygen atoms in total. The van der Waals surface area contributed by atoms with Crippen molar-refractivity contribution in [3.8, 4) is 5.75 Å². The number of anilines is 1. The van der Waals surface area contributed by atoms with Crippen LogP contribution in [0.2, 0.25) is 0 Å². The van der Waals surface area contributed by atoms with Crippen molar-refractivity contribution in [2.45, 2.75) is 26.4 Å². The second kappa shape index (κ2) is 9.39. The van der Waals surface area contributed by atoms with Gasteiger partial charge in [-0.3, -0.25) is 9.59 Å². The molecule has 1 saturated heterocycles. The molecule has 31 heavy (non-hydrogen) atoms. The lowest BCUT2D eigenvalue weighted by molar-refractivity contribution is 0.0791. The van der Waals surface area contributed by atoms with Crippen molar-refractivity contribution in [3.05, 3.63) is 81.7 Å². The lowest BCUT2D eigenvalue weighted by Crippen LogP contribution is -2.28. The van der Waals surface area contributed by atoms with Crippen molar-refractivity contribution in [3.63, 3.8) is 0 Å². The molecule has 2 heterocycles. The highest BCUT2D eigenvalue weighted by atomic mass is 79.9. The Morgan fingerprint density at radius 3 is 2.55 bits per heavy atom. The zero-order valence-electron chi connectivity index (χ0n) is 17.2. The molecule has 1 aliphatic rings. The van der Waals surface area contributed by atoms with E-state index < -0.39 is 0 Å². The fraction of sp³-hybridized carbons (Fsp3) is 0.250. The molecule has 1 fully saturated rings. The predicted octanol–water partition coefficient (Wildman–Crippen LogP) is 5.42. The third kappa shape index (κ3) is 4.99. The van der Waals surface area contributed by atoms with E-state index in [2.05, 4.69) is 21.2 Å². The highest BCUT2D eigenvalue weighted by Gasteiger charge is 2.22. The minimum atomic E-state index is -0.372. The van der Waals surface area contributed by atoms with Gasteiger partial charge in [-0.25, -0.2) is 0 Å². The van der Waals surface area contributed by atoms with Gasteiger partial charge in [0.05, 0.1) is 0 Å². The second-order valence-corrected chi connectivity index (χ2v) is 8.36. The molecule has 3 aromatic rings. The van der Waals surface area contributed by atoms with Gasteiger partial charge in [-0.15, -0.1) is 0 Å². The number of halogens is 1. The van der Waals surface area contributed by atoms with Crippen molar-refractivity contribution in [2.24, 2.45) is 0 Å². The highest BCUT2D eigenvalue weighted by Crippen LogP contribution is 2.23. The molecular formula is C24H23BrN2O4. The maximum absolute atomic E-state index is 12.8. The van der Waals surface area contributed by atoms with Gasteiger partial charge in [0.2, 0.25) is 0 Å². The van der Waals surface area contributed by atoms with E-state index in [1.54, 1.807) is 30.3 Å². The summed E-state index contributed by atoms with van der Waals surface area (Å²) in [6.07, 6.45) is 2.07. The molecule has 0 radical (unpaired) electrons. The van der Waals surface area contributed by atoms with E-state index in [1.807, 2.05) is 36.1 Å². The molecule has 2 aromatic carbocycles. The lowest BCUT2D eigenvalue weighted by atomic mass is 10.1. The van der Waals surface area contributed by atoms with Crippen molar-refractivity contribution < 1.29 is 18.7 Å². The summed E-state index contributed by atoms with van der Waals surface area (Å²) in [7, 11) is 0. The largest absolute Gasteiger partial charge is 0.486 e. The van der Waals surface area contributed by atoms with Crippen LogP contribution in [0.4, 0.5) is 5.69 Å². The Balaban J connectivity index is 1.41. The van der Waals surface area contributed by atoms with Gasteiger partial charge < -0.3 is 19.4 Å². The minimum Gasteiger partial charge on any atom is -0.486 e. The first-order valence-electron chi connectivity index (χ1n) is 10.2. The molecule has 0 unspecified atom stereocenters. The molecule has 2 amide bonds. The van der Waals surface area contributed by atoms with E-state index in [4.69, 9.17) is 9.15 Å². The van der Waals surface area contributed by atoms with Crippen LogP contribution in [0.1, 0.15) is 45.1 Å². The fourth-order valence-corrected chi connectivity index (χ4v) is 3.80. The Hall–Kier alpha value is -3.06. The van der Waals surface area contributed by atoms with Gasteiger partial charge in [-0.1, -0.05) is 22.0 Å². The zero-order chi connectivity index (χ0) is 21.8. The number of carbonyl (C=O) groups is 2. The molecule has 1 aliphatic heterocycles. The van der Waals surface area contributed by atoms with Crippen LogP contribution in [0.25, 0.3) is 0 Å². The molecule has 0 spiro atoms. The third-order valence-corrected chi connectivity index (χ3v) is 5.81. The number of nitrogens with one attached hydrogen (secondary N) is 1. The van der Waals surface area contributed by atoms with E-state index in [0.717, 1.165) is 36.0 Å². The van der Waals surface area contributed by atoms with Gasteiger partial charge in [0.15, 0.2) is 5.76 Å². The van der Waals surface area contributed by atoms with E-state index in [1.165, 1.54) is 0 Å². The van der Waals surface area contributed by atoms with Crippen molar-refractivity contribution in [1.29, 1.82) is 0 Å². The first kappa shape index (κ1) is 21.2. The average Bonchev–Trinajstić information content (AvgIpc) is 3.47. The summed E-state index contributed by atoms with van der Waals surface area (Å²) in [6, 6.07) is 16.2. The predicted molar refractivity (Wildman–Crippen MR) is 121 cm³/mol. The molecule has 0 bridgehead atoms. The van der Waals surface area contributed by atoms with Crippen LogP contribution >= 0.6 is 15.9 Å². The van der Waals surface area contributed by atoms with E-state index >= 15 is 0 Å². The summed E-state index contributed by atoms with van der Waals surface area (Å²) in [4.78, 5) is 27.3. The number of hydrogen-bond acceptors (Lipinski definition) is 4. The Morgan fingerprint density at radius 2 is 1.81 bits per heavy atom. The number of rotatable bonds is 6. The van der Waals surface area contributed by atoms with E-state index in [-0.39, 0.29) is 24.2 Å². The zero-order valence-corrected chi connectivity index (χ0v) is 18.8. The molecule has 160 valence electrons. The summed E-state index contributed by atoms with van der Waals surface area (Å²) in [5.41, 5.74) is 1.96. The molecular weight excluding hydrogens is 460 g/mol. The van der Waals surface area contributed by atoms with Crippen molar-refractivity contribution in [2.75, 3.05) is 18.4 Å². The highest BCUT2D eigenvalue weighted by molar-refractivity contribution is 9.10. The van der Waals surface area contributed by atoms with Gasteiger partial charge in [0.1, 0.15) is 18.1 Å². The Morgan fingerprint density at radius 1 is 1.06 bits per heavy atom. The van der Waals surface area contributed by atoms with Crippen LogP contribution in [-0.2, 0) is 6.61 Å². The van der Waals surface area contributed by atoms with Crippen molar-refractivity contribution >= 4 is 33.4 Å². The number of hydrogen-bond donors (Lipinski definition) is 1. The quantitative estimate of drug-likeness (QED) is 0.509. The van der Waals surface area contributed by atoms with Gasteiger partial charge in [0.25, 0.3) is 11.8 Å². The van der Waals surface area contributed by atoms with Crippen LogP contribution in [0.3, 0.4) is 0 Å². The first-order valence-corrected chi connectivity index (χ1v) is 11.0. The summed E-state index contributed by atoms with van der Waals surface area (Å²) < 4.78 is 12.3. The molecule has 0 saturated carbocycles. The van der Waals surface area contributed by atoms with Crippen LogP contribution < -0.4 is 10.1 Å². The minimum absolute atomic E-state index is 0.0106. The fourth-order valence-electron chi connectivity index (χ4n) is 3.54. The van der Waals surface area contributed by atoms with Gasteiger partial charge in [0, 0.05) is 28.8 Å². The maximum Gasteiger partial charge on any atom is 0.291 e. The molecule has 4 rings (SSSR count). The number of amides is 2. The number of nitrogens with zero attached hydrogens (tertiary/aromatic N) is 1. The number of ether oxygens (including phenoxy) is 1. The van der Waals surface area contributed by atoms with Crippen molar-refractivity contribution in [1.82, 2.24) is 4.90 Å². The molecule has 1 N–H and O–H groups in total. The normalized spacial score (nSPS) is 13.3. The SMILES string of the molecule is Cc1c(NC(=O)c2ccc(COc3ccc(Br)cc3)o2)cccc1C(=O)N1CCCC1. The number of likely N-dealkylation sites (tertiary alicyclic amines) is 1. The maximum atomic E-state index is 12.8. The smallest absolute Gasteiger partial charge is 0.291 e. The van der Waals surface area contributed by atoms with Gasteiger partial charge in [-0.05, 0) is 73.9 Å². The topological polar surface area (TPSA) is 71.8 Å². The molecule has 1 aromatic heterocycles. The Bertz CT molecular complexity index is 1090.